The van der Waals surface area contributed by atoms with E-state index in [2.05, 4.69) is 10.5 Å². The molecule has 2 aromatic rings. The number of aromatic nitrogens is 1. The molecule has 0 aliphatic rings. The first-order valence-electron chi connectivity index (χ1n) is 6.70. The second-order valence-corrected chi connectivity index (χ2v) is 4.45. The number of hydrogen-bond donors (Lipinski definition) is 1. The van der Waals surface area contributed by atoms with E-state index in [1.165, 1.54) is 34.5 Å². The molecule has 1 N–H and O–H groups in total. The van der Waals surface area contributed by atoms with Crippen LogP contribution < -0.4 is 24.3 Å². The van der Waals surface area contributed by atoms with Gasteiger partial charge in [-0.05, 0) is 22.9 Å². The standard InChI is InChI=1S/C15H18N2O6/c1-19-10-5-9(6-11(20-2)14(10)22-4)8-16-15(18)12-7-13(21-3)17-23-12/h5-7H,8H2,1-4H3,(H,16,18). The van der Waals surface area contributed by atoms with Gasteiger partial charge < -0.3 is 28.8 Å². The van der Waals surface area contributed by atoms with Crippen molar-refractivity contribution in [2.75, 3.05) is 28.4 Å². The van der Waals surface area contributed by atoms with Gasteiger partial charge in [-0.15, -0.1) is 0 Å². The van der Waals surface area contributed by atoms with Crippen molar-refractivity contribution in [1.82, 2.24) is 10.5 Å². The third kappa shape index (κ3) is 3.65. The Balaban J connectivity index is 2.12. The quantitative estimate of drug-likeness (QED) is 0.828. The van der Waals surface area contributed by atoms with Gasteiger partial charge in [0.15, 0.2) is 11.5 Å². The van der Waals surface area contributed by atoms with Gasteiger partial charge in [0.2, 0.25) is 11.5 Å². The van der Waals surface area contributed by atoms with E-state index in [4.69, 9.17) is 23.5 Å². The summed E-state index contributed by atoms with van der Waals surface area (Å²) < 4.78 is 25.5. The van der Waals surface area contributed by atoms with Crippen LogP contribution in [0.5, 0.6) is 23.1 Å². The SMILES string of the molecule is COc1cc(C(=O)NCc2cc(OC)c(OC)c(OC)c2)on1. The van der Waals surface area contributed by atoms with Crippen molar-refractivity contribution in [3.8, 4) is 23.1 Å². The van der Waals surface area contributed by atoms with Crippen molar-refractivity contribution in [2.24, 2.45) is 0 Å². The maximum atomic E-state index is 12.0. The number of benzene rings is 1. The van der Waals surface area contributed by atoms with Crippen molar-refractivity contribution in [2.45, 2.75) is 6.54 Å². The Labute approximate surface area is 133 Å². The zero-order valence-corrected chi connectivity index (χ0v) is 13.3. The summed E-state index contributed by atoms with van der Waals surface area (Å²) in [4.78, 5) is 12.0. The minimum atomic E-state index is -0.408. The highest BCUT2D eigenvalue weighted by Crippen LogP contribution is 2.38. The first kappa shape index (κ1) is 16.5. The van der Waals surface area contributed by atoms with Crippen LogP contribution in [0.25, 0.3) is 0 Å². The summed E-state index contributed by atoms with van der Waals surface area (Å²) >= 11 is 0. The van der Waals surface area contributed by atoms with Crippen LogP contribution in [0, 0.1) is 0 Å². The second-order valence-electron chi connectivity index (χ2n) is 4.45. The smallest absolute Gasteiger partial charge is 0.290 e. The van der Waals surface area contributed by atoms with Crippen LogP contribution in [0.4, 0.5) is 0 Å². The van der Waals surface area contributed by atoms with Gasteiger partial charge in [-0.1, -0.05) is 0 Å². The molecule has 0 unspecified atom stereocenters. The monoisotopic (exact) mass is 322 g/mol. The largest absolute Gasteiger partial charge is 0.493 e. The van der Waals surface area contributed by atoms with E-state index in [1.807, 2.05) is 0 Å². The Morgan fingerprint density at radius 1 is 1.04 bits per heavy atom. The van der Waals surface area contributed by atoms with Crippen LogP contribution in [0.15, 0.2) is 22.7 Å². The highest BCUT2D eigenvalue weighted by molar-refractivity contribution is 5.91. The molecule has 1 heterocycles. The fraction of sp³-hybridized carbons (Fsp3) is 0.333. The van der Waals surface area contributed by atoms with Crippen molar-refractivity contribution >= 4 is 5.91 Å². The lowest BCUT2D eigenvalue weighted by Crippen LogP contribution is -2.22. The van der Waals surface area contributed by atoms with Crippen LogP contribution in [0.1, 0.15) is 16.1 Å². The van der Waals surface area contributed by atoms with Gasteiger partial charge in [0, 0.05) is 6.54 Å². The molecule has 0 saturated heterocycles. The van der Waals surface area contributed by atoms with Gasteiger partial charge in [-0.3, -0.25) is 4.79 Å². The molecule has 1 aromatic carbocycles. The summed E-state index contributed by atoms with van der Waals surface area (Å²) in [5.41, 5.74) is 0.777. The number of amides is 1. The molecule has 0 bridgehead atoms. The van der Waals surface area contributed by atoms with E-state index in [0.717, 1.165) is 5.56 Å². The molecule has 0 aliphatic heterocycles. The molecule has 1 aromatic heterocycles. The number of methoxy groups -OCH3 is 4. The topological polar surface area (TPSA) is 92.1 Å². The minimum absolute atomic E-state index is 0.0642. The summed E-state index contributed by atoms with van der Waals surface area (Å²) in [5, 5.41) is 6.29. The molecule has 23 heavy (non-hydrogen) atoms. The second kappa shape index (κ2) is 7.39. The average molecular weight is 322 g/mol. The molecular weight excluding hydrogens is 304 g/mol. The Kier molecular flexibility index (Phi) is 5.29. The van der Waals surface area contributed by atoms with Gasteiger partial charge in [-0.2, -0.15) is 0 Å². The molecular formula is C15H18N2O6. The lowest BCUT2D eigenvalue weighted by molar-refractivity contribution is 0.0913. The van der Waals surface area contributed by atoms with Gasteiger partial charge in [-0.25, -0.2) is 0 Å². The number of carbonyl (C=O) groups is 1. The van der Waals surface area contributed by atoms with E-state index >= 15 is 0 Å². The highest BCUT2D eigenvalue weighted by Gasteiger charge is 2.16. The zero-order valence-electron chi connectivity index (χ0n) is 13.3. The zero-order chi connectivity index (χ0) is 16.8. The Hall–Kier alpha value is -2.90. The van der Waals surface area contributed by atoms with Crippen molar-refractivity contribution < 1.29 is 28.3 Å². The summed E-state index contributed by atoms with van der Waals surface area (Å²) in [7, 11) is 6.02. The number of hydrogen-bond acceptors (Lipinski definition) is 7. The fourth-order valence-electron chi connectivity index (χ4n) is 1.97. The van der Waals surface area contributed by atoms with Crippen LogP contribution in [-0.2, 0) is 6.54 Å². The first-order chi connectivity index (χ1) is 11.1. The molecule has 0 fully saturated rings. The van der Waals surface area contributed by atoms with Crippen molar-refractivity contribution in [3.63, 3.8) is 0 Å². The highest BCUT2D eigenvalue weighted by atomic mass is 16.5. The van der Waals surface area contributed by atoms with Crippen LogP contribution in [0.2, 0.25) is 0 Å². The third-order valence-electron chi connectivity index (χ3n) is 3.10. The summed E-state index contributed by atoms with van der Waals surface area (Å²) in [6.45, 7) is 0.249. The molecule has 0 spiro atoms. The number of nitrogens with zero attached hydrogens (tertiary/aromatic N) is 1. The number of rotatable bonds is 7. The summed E-state index contributed by atoms with van der Waals surface area (Å²) in [5.74, 6) is 1.41. The van der Waals surface area contributed by atoms with Gasteiger partial charge in [0.1, 0.15) is 0 Å². The molecule has 2 rings (SSSR count). The van der Waals surface area contributed by atoms with Gasteiger partial charge in [0.05, 0.1) is 34.5 Å². The summed E-state index contributed by atoms with van der Waals surface area (Å²) in [6, 6.07) is 4.91. The lowest BCUT2D eigenvalue weighted by Gasteiger charge is -2.14. The Morgan fingerprint density at radius 2 is 1.70 bits per heavy atom. The molecule has 8 nitrogen and oxygen atoms in total. The third-order valence-corrected chi connectivity index (χ3v) is 3.10. The number of carbonyl (C=O) groups excluding carboxylic acids is 1. The Bertz CT molecular complexity index is 657. The predicted octanol–water partition coefficient (Wildman–Crippen LogP) is 1.64. The van der Waals surface area contributed by atoms with Gasteiger partial charge >= 0.3 is 0 Å². The molecule has 0 atom stereocenters. The van der Waals surface area contributed by atoms with Crippen molar-refractivity contribution in [3.05, 3.63) is 29.5 Å². The maximum Gasteiger partial charge on any atom is 0.290 e. The van der Waals surface area contributed by atoms with Crippen LogP contribution >= 0.6 is 0 Å². The first-order valence-corrected chi connectivity index (χ1v) is 6.70. The molecule has 0 aliphatic carbocycles. The van der Waals surface area contributed by atoms with E-state index < -0.39 is 5.91 Å². The normalized spacial score (nSPS) is 10.1. The fourth-order valence-corrected chi connectivity index (χ4v) is 1.97. The molecule has 8 heteroatoms. The lowest BCUT2D eigenvalue weighted by atomic mass is 10.1. The van der Waals surface area contributed by atoms with E-state index in [-0.39, 0.29) is 18.2 Å². The van der Waals surface area contributed by atoms with E-state index in [0.29, 0.717) is 17.2 Å². The average Bonchev–Trinajstić information content (AvgIpc) is 3.07. The maximum absolute atomic E-state index is 12.0. The molecule has 0 radical (unpaired) electrons. The van der Waals surface area contributed by atoms with E-state index in [9.17, 15) is 4.79 Å². The van der Waals surface area contributed by atoms with E-state index in [1.54, 1.807) is 12.1 Å². The molecule has 1 amide bonds. The van der Waals surface area contributed by atoms with Crippen LogP contribution in [-0.4, -0.2) is 39.5 Å². The van der Waals surface area contributed by atoms with Gasteiger partial charge in [0.25, 0.3) is 11.8 Å². The summed E-state index contributed by atoms with van der Waals surface area (Å²) in [6.07, 6.45) is 0. The minimum Gasteiger partial charge on any atom is -0.493 e. The number of ether oxygens (including phenoxy) is 4. The number of nitrogens with one attached hydrogen (secondary N) is 1. The molecule has 0 saturated carbocycles. The van der Waals surface area contributed by atoms with Crippen molar-refractivity contribution in [1.29, 1.82) is 0 Å². The molecule has 124 valence electrons. The predicted molar refractivity (Wildman–Crippen MR) is 80.3 cm³/mol. The Morgan fingerprint density at radius 3 is 2.17 bits per heavy atom. The van der Waals surface area contributed by atoms with Crippen LogP contribution in [0.3, 0.4) is 0 Å².